The number of aromatic nitrogens is 2. The molecular weight excluding hydrogens is 327 g/mol. The molecule has 1 saturated heterocycles. The summed E-state index contributed by atoms with van der Waals surface area (Å²) in [5, 5.41) is 15.6. The molecule has 0 aliphatic carbocycles. The number of β-amino-alcohol motifs (C(OH)–C–C–N with tert-alkyl or cyclic N) is 1. The summed E-state index contributed by atoms with van der Waals surface area (Å²) >= 11 is 0. The zero-order chi connectivity index (χ0) is 14.1. The van der Waals surface area contributed by atoms with Gasteiger partial charge in [-0.2, -0.15) is 0 Å². The van der Waals surface area contributed by atoms with E-state index in [2.05, 4.69) is 15.6 Å². The monoisotopic (exact) mass is 346 g/mol. The average molecular weight is 347 g/mol. The number of fused-ring (bicyclic) bond motifs is 1. The summed E-state index contributed by atoms with van der Waals surface area (Å²) in [5.74, 6) is -0.135. The van der Waals surface area contributed by atoms with E-state index in [4.69, 9.17) is 0 Å². The van der Waals surface area contributed by atoms with Gasteiger partial charge in [0.2, 0.25) is 0 Å². The molecule has 2 unspecified atom stereocenters. The van der Waals surface area contributed by atoms with Crippen LogP contribution in [0.3, 0.4) is 0 Å². The molecule has 0 bridgehead atoms. The molecule has 6 nitrogen and oxygen atoms in total. The van der Waals surface area contributed by atoms with Crippen LogP contribution in [-0.2, 0) is 0 Å². The lowest BCUT2D eigenvalue weighted by atomic mass is 10.1. The Bertz CT molecular complexity index is 647. The van der Waals surface area contributed by atoms with Gasteiger partial charge in [0.05, 0.1) is 6.10 Å². The van der Waals surface area contributed by atoms with Crippen LogP contribution in [0.25, 0.3) is 5.65 Å². The first-order valence-corrected chi connectivity index (χ1v) is 6.76. The van der Waals surface area contributed by atoms with Crippen molar-refractivity contribution in [2.45, 2.75) is 13.0 Å². The van der Waals surface area contributed by atoms with Gasteiger partial charge in [-0.05, 0) is 24.6 Å². The third-order valence-corrected chi connectivity index (χ3v) is 3.68. The Morgan fingerprint density at radius 2 is 2.27 bits per heavy atom. The highest BCUT2D eigenvalue weighted by molar-refractivity contribution is 5.92. The molecule has 8 heteroatoms. The van der Waals surface area contributed by atoms with E-state index < -0.39 is 0 Å². The molecule has 1 aliphatic heterocycles. The Balaban J connectivity index is 0.00000121. The van der Waals surface area contributed by atoms with Crippen molar-refractivity contribution >= 4 is 36.4 Å². The third kappa shape index (κ3) is 3.89. The van der Waals surface area contributed by atoms with Crippen LogP contribution in [0.15, 0.2) is 24.5 Å². The summed E-state index contributed by atoms with van der Waals surface area (Å²) in [6, 6.07) is 3.90. The van der Waals surface area contributed by atoms with Gasteiger partial charge in [0, 0.05) is 37.9 Å². The van der Waals surface area contributed by atoms with Crippen LogP contribution >= 0.6 is 24.8 Å². The quantitative estimate of drug-likeness (QED) is 0.767. The minimum absolute atomic E-state index is 0. The van der Waals surface area contributed by atoms with Crippen molar-refractivity contribution in [2.24, 2.45) is 5.92 Å². The summed E-state index contributed by atoms with van der Waals surface area (Å²) in [7, 11) is 0. The number of pyridine rings is 1. The lowest BCUT2D eigenvalue weighted by Gasteiger charge is -2.13. The number of halogens is 2. The zero-order valence-electron chi connectivity index (χ0n) is 12.2. The van der Waals surface area contributed by atoms with Crippen molar-refractivity contribution in [1.29, 1.82) is 0 Å². The zero-order valence-corrected chi connectivity index (χ0v) is 13.8. The summed E-state index contributed by atoms with van der Waals surface area (Å²) in [6.45, 7) is 3.77. The number of aryl methyl sites for hydroxylation is 1. The van der Waals surface area contributed by atoms with Crippen molar-refractivity contribution < 1.29 is 9.90 Å². The summed E-state index contributed by atoms with van der Waals surface area (Å²) < 4.78 is 1.83. The highest BCUT2D eigenvalue weighted by Gasteiger charge is 2.25. The van der Waals surface area contributed by atoms with Crippen LogP contribution in [0, 0.1) is 12.8 Å². The second-order valence-corrected chi connectivity index (χ2v) is 5.29. The van der Waals surface area contributed by atoms with Gasteiger partial charge in [-0.1, -0.05) is 0 Å². The summed E-state index contributed by atoms with van der Waals surface area (Å²) in [4.78, 5) is 16.4. The first-order valence-electron chi connectivity index (χ1n) is 6.76. The van der Waals surface area contributed by atoms with Crippen LogP contribution in [0.4, 0.5) is 0 Å². The van der Waals surface area contributed by atoms with Crippen LogP contribution in [0.5, 0.6) is 0 Å². The average Bonchev–Trinajstić information content (AvgIpc) is 3.01. The molecule has 2 aromatic heterocycles. The lowest BCUT2D eigenvalue weighted by Crippen LogP contribution is -2.34. The fourth-order valence-electron chi connectivity index (χ4n) is 2.43. The van der Waals surface area contributed by atoms with Gasteiger partial charge in [-0.3, -0.25) is 4.79 Å². The fraction of sp³-hybridized carbons (Fsp3) is 0.429. The summed E-state index contributed by atoms with van der Waals surface area (Å²) in [6.07, 6.45) is 3.21. The van der Waals surface area contributed by atoms with E-state index in [1.807, 2.05) is 29.7 Å². The van der Waals surface area contributed by atoms with Crippen molar-refractivity contribution in [3.63, 3.8) is 0 Å². The highest BCUT2D eigenvalue weighted by atomic mass is 35.5. The second-order valence-electron chi connectivity index (χ2n) is 5.29. The van der Waals surface area contributed by atoms with Gasteiger partial charge >= 0.3 is 0 Å². The van der Waals surface area contributed by atoms with E-state index in [0.29, 0.717) is 18.8 Å². The number of hydrogen-bond acceptors (Lipinski definition) is 4. The van der Waals surface area contributed by atoms with Crippen molar-refractivity contribution in [2.75, 3.05) is 19.6 Å². The number of nitrogens with one attached hydrogen (secondary N) is 2. The molecule has 122 valence electrons. The van der Waals surface area contributed by atoms with E-state index in [0.717, 1.165) is 17.8 Å². The number of carbonyl (C=O) groups is 1. The molecule has 3 heterocycles. The van der Waals surface area contributed by atoms with Crippen LogP contribution < -0.4 is 10.6 Å². The molecule has 0 radical (unpaired) electrons. The first-order chi connectivity index (χ1) is 9.63. The maximum atomic E-state index is 12.1. The SMILES string of the molecule is Cc1ccn2cc(C(=O)NCC3CNCC3O)nc2c1.Cl.Cl. The Labute approximate surface area is 141 Å². The van der Waals surface area contributed by atoms with E-state index in [9.17, 15) is 9.90 Å². The van der Waals surface area contributed by atoms with Crippen LogP contribution in [0.1, 0.15) is 16.1 Å². The molecule has 1 aliphatic rings. The number of imidazole rings is 1. The lowest BCUT2D eigenvalue weighted by molar-refractivity contribution is 0.0922. The molecule has 0 aromatic carbocycles. The minimum Gasteiger partial charge on any atom is -0.391 e. The van der Waals surface area contributed by atoms with Gasteiger partial charge < -0.3 is 20.1 Å². The molecule has 2 atom stereocenters. The second kappa shape index (κ2) is 7.78. The molecule has 1 amide bonds. The predicted molar refractivity (Wildman–Crippen MR) is 89.1 cm³/mol. The highest BCUT2D eigenvalue weighted by Crippen LogP contribution is 2.09. The predicted octanol–water partition coefficient (Wildman–Crippen LogP) is 0.796. The first kappa shape index (κ1) is 18.7. The van der Waals surface area contributed by atoms with E-state index in [-0.39, 0.29) is 42.7 Å². The van der Waals surface area contributed by atoms with Gasteiger partial charge in [-0.25, -0.2) is 4.98 Å². The third-order valence-electron chi connectivity index (χ3n) is 3.68. The van der Waals surface area contributed by atoms with Gasteiger partial charge in [-0.15, -0.1) is 24.8 Å². The van der Waals surface area contributed by atoms with Crippen LogP contribution in [0.2, 0.25) is 0 Å². The van der Waals surface area contributed by atoms with E-state index >= 15 is 0 Å². The topological polar surface area (TPSA) is 78.7 Å². The Hall–Kier alpha value is -1.34. The number of aliphatic hydroxyl groups excluding tert-OH is 1. The van der Waals surface area contributed by atoms with E-state index in [1.165, 1.54) is 0 Å². The maximum absolute atomic E-state index is 12.1. The molecule has 2 aromatic rings. The minimum atomic E-state index is -0.390. The molecule has 3 N–H and O–H groups in total. The van der Waals surface area contributed by atoms with Crippen molar-refractivity contribution in [3.05, 3.63) is 35.8 Å². The number of nitrogens with zero attached hydrogens (tertiary/aromatic N) is 2. The normalized spacial score (nSPS) is 20.3. The smallest absolute Gasteiger partial charge is 0.271 e. The van der Waals surface area contributed by atoms with E-state index in [1.54, 1.807) is 6.20 Å². The molecule has 1 fully saturated rings. The molecular formula is C14H20Cl2N4O2. The Kier molecular flexibility index (Phi) is 6.62. The number of rotatable bonds is 3. The number of aliphatic hydroxyl groups is 1. The maximum Gasteiger partial charge on any atom is 0.271 e. The van der Waals surface area contributed by atoms with Crippen LogP contribution in [-0.4, -0.2) is 46.1 Å². The molecule has 3 rings (SSSR count). The van der Waals surface area contributed by atoms with Gasteiger partial charge in [0.1, 0.15) is 11.3 Å². The van der Waals surface area contributed by atoms with Crippen molar-refractivity contribution in [3.8, 4) is 0 Å². The Morgan fingerprint density at radius 3 is 2.95 bits per heavy atom. The number of amides is 1. The molecule has 22 heavy (non-hydrogen) atoms. The number of hydrogen-bond donors (Lipinski definition) is 3. The van der Waals surface area contributed by atoms with Gasteiger partial charge in [0.25, 0.3) is 5.91 Å². The largest absolute Gasteiger partial charge is 0.391 e. The standard InChI is InChI=1S/C14H18N4O2.2ClH/c1-9-2-3-18-8-11(17-13(18)4-9)14(20)16-6-10-5-15-7-12(10)19;;/h2-4,8,10,12,15,19H,5-7H2,1H3,(H,16,20);2*1H. The molecule has 0 saturated carbocycles. The molecule has 0 spiro atoms. The summed E-state index contributed by atoms with van der Waals surface area (Å²) in [5.41, 5.74) is 2.27. The number of carbonyl (C=O) groups excluding carboxylic acids is 1. The Morgan fingerprint density at radius 1 is 1.50 bits per heavy atom. The van der Waals surface area contributed by atoms with Gasteiger partial charge in [0.15, 0.2) is 0 Å². The fourth-order valence-corrected chi connectivity index (χ4v) is 2.43. The van der Waals surface area contributed by atoms with Crippen molar-refractivity contribution in [1.82, 2.24) is 20.0 Å².